The zero-order valence-corrected chi connectivity index (χ0v) is 7.93. The fourth-order valence-corrected chi connectivity index (χ4v) is 1.14. The second kappa shape index (κ2) is 4.82. The zero-order valence-electron chi connectivity index (χ0n) is 7.93. The van der Waals surface area contributed by atoms with Gasteiger partial charge >= 0.3 is 0 Å². The summed E-state index contributed by atoms with van der Waals surface area (Å²) < 4.78 is 17.7. The summed E-state index contributed by atoms with van der Waals surface area (Å²) in [6.45, 7) is 3.18. The summed E-state index contributed by atoms with van der Waals surface area (Å²) in [5.41, 5.74) is 1.72. The highest BCUT2D eigenvalue weighted by Crippen LogP contribution is 2.12. The number of nitrogens with one attached hydrogen (secondary N) is 1. The van der Waals surface area contributed by atoms with Gasteiger partial charge in [0.1, 0.15) is 5.82 Å². The van der Waals surface area contributed by atoms with Crippen molar-refractivity contribution in [1.82, 2.24) is 0 Å². The zero-order chi connectivity index (χ0) is 9.68. The van der Waals surface area contributed by atoms with Crippen LogP contribution < -0.4 is 5.32 Å². The van der Waals surface area contributed by atoms with Crippen molar-refractivity contribution < 1.29 is 9.13 Å². The van der Waals surface area contributed by atoms with Gasteiger partial charge in [-0.15, -0.1) is 0 Å². The first-order chi connectivity index (χ1) is 6.22. The van der Waals surface area contributed by atoms with Crippen LogP contribution in [0.25, 0.3) is 0 Å². The van der Waals surface area contributed by atoms with E-state index in [1.54, 1.807) is 7.11 Å². The van der Waals surface area contributed by atoms with Crippen LogP contribution >= 0.6 is 0 Å². The molecule has 1 aromatic rings. The topological polar surface area (TPSA) is 21.3 Å². The molecule has 0 aromatic heterocycles. The predicted octanol–water partition coefficient (Wildman–Crippen LogP) is 2.19. The maximum atomic E-state index is 12.9. The largest absolute Gasteiger partial charge is 0.383 e. The molecule has 0 saturated carbocycles. The Bertz CT molecular complexity index is 255. The number of halogens is 1. The second-order valence-electron chi connectivity index (χ2n) is 2.94. The van der Waals surface area contributed by atoms with E-state index in [4.69, 9.17) is 4.74 Å². The van der Waals surface area contributed by atoms with Gasteiger partial charge in [-0.3, -0.25) is 0 Å². The van der Waals surface area contributed by atoms with Crippen molar-refractivity contribution in [1.29, 1.82) is 0 Å². The van der Waals surface area contributed by atoms with Gasteiger partial charge in [-0.1, -0.05) is 0 Å². The van der Waals surface area contributed by atoms with Crippen LogP contribution in [0.5, 0.6) is 0 Å². The van der Waals surface area contributed by atoms with Crippen molar-refractivity contribution >= 4 is 5.69 Å². The Morgan fingerprint density at radius 2 is 2.15 bits per heavy atom. The third kappa shape index (κ3) is 3.42. The molecule has 13 heavy (non-hydrogen) atoms. The minimum Gasteiger partial charge on any atom is -0.383 e. The van der Waals surface area contributed by atoms with Crippen molar-refractivity contribution in [3.05, 3.63) is 29.6 Å². The molecule has 72 valence electrons. The van der Waals surface area contributed by atoms with E-state index in [1.165, 1.54) is 12.1 Å². The number of hydrogen-bond acceptors (Lipinski definition) is 2. The van der Waals surface area contributed by atoms with E-state index >= 15 is 0 Å². The lowest BCUT2D eigenvalue weighted by molar-refractivity contribution is 0.211. The predicted molar refractivity (Wildman–Crippen MR) is 51.5 cm³/mol. The summed E-state index contributed by atoms with van der Waals surface area (Å²) in [5.74, 6) is -0.208. The van der Waals surface area contributed by atoms with Crippen molar-refractivity contribution in [3.63, 3.8) is 0 Å². The van der Waals surface area contributed by atoms with E-state index in [1.807, 2.05) is 13.0 Å². The van der Waals surface area contributed by atoms with Crippen LogP contribution in [0, 0.1) is 12.7 Å². The first-order valence-corrected chi connectivity index (χ1v) is 4.22. The summed E-state index contributed by atoms with van der Waals surface area (Å²) in [4.78, 5) is 0. The minimum absolute atomic E-state index is 0.208. The highest BCUT2D eigenvalue weighted by molar-refractivity contribution is 5.45. The Morgan fingerprint density at radius 3 is 2.77 bits per heavy atom. The third-order valence-electron chi connectivity index (χ3n) is 1.68. The van der Waals surface area contributed by atoms with Crippen LogP contribution in [0.4, 0.5) is 10.1 Å². The number of methoxy groups -OCH3 is 1. The average Bonchev–Trinajstić information content (AvgIpc) is 2.03. The number of rotatable bonds is 4. The number of ether oxygens (including phenoxy) is 1. The smallest absolute Gasteiger partial charge is 0.125 e. The van der Waals surface area contributed by atoms with E-state index in [9.17, 15) is 4.39 Å². The van der Waals surface area contributed by atoms with Crippen molar-refractivity contribution in [3.8, 4) is 0 Å². The lowest BCUT2D eigenvalue weighted by Crippen LogP contribution is -2.07. The number of aryl methyl sites for hydroxylation is 1. The normalized spacial score (nSPS) is 10.1. The number of benzene rings is 1. The fourth-order valence-electron chi connectivity index (χ4n) is 1.14. The fraction of sp³-hybridized carbons (Fsp3) is 0.400. The molecule has 0 atom stereocenters. The van der Waals surface area contributed by atoms with Gasteiger partial charge in [0, 0.05) is 19.3 Å². The maximum Gasteiger partial charge on any atom is 0.125 e. The Morgan fingerprint density at radius 1 is 1.38 bits per heavy atom. The van der Waals surface area contributed by atoms with Crippen LogP contribution in [-0.2, 0) is 4.74 Å². The molecule has 0 saturated heterocycles. The van der Waals surface area contributed by atoms with Crippen molar-refractivity contribution in [2.45, 2.75) is 6.92 Å². The van der Waals surface area contributed by atoms with Gasteiger partial charge < -0.3 is 10.1 Å². The molecule has 0 fully saturated rings. The van der Waals surface area contributed by atoms with Crippen molar-refractivity contribution in [2.24, 2.45) is 0 Å². The van der Waals surface area contributed by atoms with Crippen molar-refractivity contribution in [2.75, 3.05) is 25.6 Å². The third-order valence-corrected chi connectivity index (χ3v) is 1.68. The van der Waals surface area contributed by atoms with Gasteiger partial charge in [0.15, 0.2) is 0 Å². The monoisotopic (exact) mass is 183 g/mol. The lowest BCUT2D eigenvalue weighted by atomic mass is 10.2. The van der Waals surface area contributed by atoms with E-state index < -0.39 is 0 Å². The summed E-state index contributed by atoms with van der Waals surface area (Å²) in [6, 6.07) is 4.88. The second-order valence-corrected chi connectivity index (χ2v) is 2.94. The SMILES string of the molecule is COCCNc1cc(C)cc(F)c1. The summed E-state index contributed by atoms with van der Waals surface area (Å²) in [6.07, 6.45) is 0. The van der Waals surface area contributed by atoms with Gasteiger partial charge in [0.25, 0.3) is 0 Å². The highest BCUT2D eigenvalue weighted by Gasteiger charge is 1.96. The molecule has 0 heterocycles. The molecule has 0 radical (unpaired) electrons. The lowest BCUT2D eigenvalue weighted by Gasteiger charge is -2.06. The molecule has 0 aliphatic carbocycles. The Labute approximate surface area is 77.7 Å². The number of anilines is 1. The molecule has 1 N–H and O–H groups in total. The molecule has 0 unspecified atom stereocenters. The first kappa shape index (κ1) is 9.99. The molecule has 0 aliphatic heterocycles. The van der Waals surface area contributed by atoms with Gasteiger partial charge in [-0.2, -0.15) is 0 Å². The standard InChI is InChI=1S/C10H14FNO/c1-8-5-9(11)7-10(6-8)12-3-4-13-2/h5-7,12H,3-4H2,1-2H3. The Balaban J connectivity index is 2.56. The van der Waals surface area contributed by atoms with Crippen LogP contribution in [0.1, 0.15) is 5.56 Å². The van der Waals surface area contributed by atoms with Crippen LogP contribution in [0.15, 0.2) is 18.2 Å². The maximum absolute atomic E-state index is 12.9. The first-order valence-electron chi connectivity index (χ1n) is 4.22. The van der Waals surface area contributed by atoms with Crippen LogP contribution in [-0.4, -0.2) is 20.3 Å². The van der Waals surface area contributed by atoms with Gasteiger partial charge in [-0.05, 0) is 30.7 Å². The Hall–Kier alpha value is -1.09. The quantitative estimate of drug-likeness (QED) is 0.722. The minimum atomic E-state index is -0.208. The van der Waals surface area contributed by atoms with Gasteiger partial charge in [0.2, 0.25) is 0 Å². The van der Waals surface area contributed by atoms with Crippen LogP contribution in [0.3, 0.4) is 0 Å². The summed E-state index contributed by atoms with van der Waals surface area (Å²) in [5, 5.41) is 3.06. The van der Waals surface area contributed by atoms with Crippen LogP contribution in [0.2, 0.25) is 0 Å². The van der Waals surface area contributed by atoms with E-state index in [0.29, 0.717) is 13.2 Å². The summed E-state index contributed by atoms with van der Waals surface area (Å²) in [7, 11) is 1.64. The highest BCUT2D eigenvalue weighted by atomic mass is 19.1. The van der Waals surface area contributed by atoms with E-state index in [2.05, 4.69) is 5.32 Å². The number of hydrogen-bond donors (Lipinski definition) is 1. The molecule has 0 amide bonds. The molecule has 3 heteroatoms. The molecular weight excluding hydrogens is 169 g/mol. The molecule has 1 rings (SSSR count). The molecular formula is C10H14FNO. The van der Waals surface area contributed by atoms with E-state index in [0.717, 1.165) is 11.3 Å². The molecule has 0 bridgehead atoms. The molecule has 0 aliphatic rings. The van der Waals surface area contributed by atoms with Gasteiger partial charge in [-0.25, -0.2) is 4.39 Å². The van der Waals surface area contributed by atoms with E-state index in [-0.39, 0.29) is 5.82 Å². The molecule has 1 aromatic carbocycles. The molecule has 0 spiro atoms. The Kier molecular flexibility index (Phi) is 3.71. The molecule has 2 nitrogen and oxygen atoms in total. The van der Waals surface area contributed by atoms with Gasteiger partial charge in [0.05, 0.1) is 6.61 Å². The summed E-state index contributed by atoms with van der Waals surface area (Å²) >= 11 is 0. The average molecular weight is 183 g/mol.